The number of rotatable bonds is 4. The van der Waals surface area contributed by atoms with Crippen LogP contribution in [0.2, 0.25) is 0 Å². The number of halogens is 4. The molecule has 21 heavy (non-hydrogen) atoms. The smallest absolute Gasteiger partial charge is 0.356 e. The molecule has 0 aromatic heterocycles. The van der Waals surface area contributed by atoms with Crippen LogP contribution in [0.3, 0.4) is 0 Å². The lowest BCUT2D eigenvalue weighted by atomic mass is 9.81. The predicted octanol–water partition coefficient (Wildman–Crippen LogP) is 4.13. The Bertz CT molecular complexity index is 353. The average Bonchev–Trinajstić information content (AvgIpc) is 2.91. The minimum atomic E-state index is -4.11. The largest absolute Gasteiger partial charge is 0.391 e. The number of amides is 1. The maximum atomic E-state index is 12.6. The van der Waals surface area contributed by atoms with Crippen molar-refractivity contribution < 1.29 is 18.0 Å². The number of hydrogen-bond acceptors (Lipinski definition) is 1. The second-order valence-electron chi connectivity index (χ2n) is 6.44. The molecular formula is C15H23ClF3NO. The van der Waals surface area contributed by atoms with Crippen LogP contribution in [0.5, 0.6) is 0 Å². The normalized spacial score (nSPS) is 33.9. The molecule has 1 amide bonds. The Morgan fingerprint density at radius 2 is 1.67 bits per heavy atom. The minimum Gasteiger partial charge on any atom is -0.356 e. The van der Waals surface area contributed by atoms with E-state index >= 15 is 0 Å². The van der Waals surface area contributed by atoms with Gasteiger partial charge in [0.2, 0.25) is 5.91 Å². The van der Waals surface area contributed by atoms with Crippen molar-refractivity contribution in [3.8, 4) is 0 Å². The van der Waals surface area contributed by atoms with E-state index in [-0.39, 0.29) is 24.7 Å². The SMILES string of the molecule is O=C(NCC1CCCC1CCl)C1CCC(C(F)(F)F)CC1. The molecule has 2 aliphatic carbocycles. The van der Waals surface area contributed by atoms with Gasteiger partial charge in [0.15, 0.2) is 0 Å². The second kappa shape index (κ2) is 7.21. The third-order valence-electron chi connectivity index (χ3n) is 5.11. The minimum absolute atomic E-state index is 0.0733. The Balaban J connectivity index is 1.73. The fourth-order valence-electron chi connectivity index (χ4n) is 3.64. The Morgan fingerprint density at radius 1 is 1.05 bits per heavy atom. The molecule has 0 aliphatic heterocycles. The maximum absolute atomic E-state index is 12.6. The van der Waals surface area contributed by atoms with Crippen molar-refractivity contribution >= 4 is 17.5 Å². The fraction of sp³-hybridized carbons (Fsp3) is 0.933. The molecular weight excluding hydrogens is 303 g/mol. The van der Waals surface area contributed by atoms with E-state index in [1.54, 1.807) is 0 Å². The van der Waals surface area contributed by atoms with Gasteiger partial charge in [0, 0.05) is 18.3 Å². The summed E-state index contributed by atoms with van der Waals surface area (Å²) < 4.78 is 37.8. The van der Waals surface area contributed by atoms with E-state index < -0.39 is 12.1 Å². The van der Waals surface area contributed by atoms with Crippen molar-refractivity contribution in [1.82, 2.24) is 5.32 Å². The van der Waals surface area contributed by atoms with Crippen molar-refractivity contribution in [3.63, 3.8) is 0 Å². The molecule has 0 bridgehead atoms. The summed E-state index contributed by atoms with van der Waals surface area (Å²) in [5, 5.41) is 2.93. The summed E-state index contributed by atoms with van der Waals surface area (Å²) in [5.41, 5.74) is 0. The van der Waals surface area contributed by atoms with E-state index in [9.17, 15) is 18.0 Å². The molecule has 0 aromatic rings. The highest BCUT2D eigenvalue weighted by molar-refractivity contribution is 6.18. The van der Waals surface area contributed by atoms with Crippen LogP contribution in [-0.2, 0) is 4.79 Å². The first-order valence-corrected chi connectivity index (χ1v) is 8.35. The molecule has 2 unspecified atom stereocenters. The van der Waals surface area contributed by atoms with Gasteiger partial charge in [-0.3, -0.25) is 4.79 Å². The molecule has 2 atom stereocenters. The van der Waals surface area contributed by atoms with E-state index in [1.807, 2.05) is 0 Å². The van der Waals surface area contributed by atoms with Crippen LogP contribution in [0.15, 0.2) is 0 Å². The molecule has 6 heteroatoms. The summed E-state index contributed by atoms with van der Waals surface area (Å²) in [7, 11) is 0. The summed E-state index contributed by atoms with van der Waals surface area (Å²) in [6.07, 6.45) is 0.0799. The number of alkyl halides is 4. The molecule has 0 saturated heterocycles. The molecule has 2 fully saturated rings. The third kappa shape index (κ3) is 4.51. The lowest BCUT2D eigenvalue weighted by Crippen LogP contribution is -2.38. The standard InChI is InChI=1S/C15H23ClF3NO/c16-8-11-2-1-3-12(11)9-20-14(21)10-4-6-13(7-5-10)15(17,18)19/h10-13H,1-9H2,(H,20,21). The van der Waals surface area contributed by atoms with Gasteiger partial charge in [0.05, 0.1) is 5.92 Å². The van der Waals surface area contributed by atoms with Gasteiger partial charge in [-0.15, -0.1) is 11.6 Å². The van der Waals surface area contributed by atoms with Crippen LogP contribution in [-0.4, -0.2) is 24.5 Å². The molecule has 1 N–H and O–H groups in total. The number of carbonyl (C=O) groups excluding carboxylic acids is 1. The van der Waals surface area contributed by atoms with Crippen LogP contribution in [0.4, 0.5) is 13.2 Å². The molecule has 2 nitrogen and oxygen atoms in total. The summed E-state index contributed by atoms with van der Waals surface area (Å²) in [5.74, 6) is -0.0322. The highest BCUT2D eigenvalue weighted by Gasteiger charge is 2.42. The molecule has 0 heterocycles. The molecule has 0 spiro atoms. The zero-order chi connectivity index (χ0) is 15.5. The summed E-state index contributed by atoms with van der Waals surface area (Å²) in [6.45, 7) is 0.620. The highest BCUT2D eigenvalue weighted by atomic mass is 35.5. The molecule has 0 radical (unpaired) electrons. The van der Waals surface area contributed by atoms with E-state index in [1.165, 1.54) is 0 Å². The summed E-state index contributed by atoms with van der Waals surface area (Å²) >= 11 is 5.91. The molecule has 122 valence electrons. The first-order valence-electron chi connectivity index (χ1n) is 7.82. The molecule has 0 aromatic carbocycles. The van der Waals surface area contributed by atoms with Gasteiger partial charge < -0.3 is 5.32 Å². The van der Waals surface area contributed by atoms with Gasteiger partial charge in [0.25, 0.3) is 0 Å². The summed E-state index contributed by atoms with van der Waals surface area (Å²) in [4.78, 5) is 12.1. The average molecular weight is 326 g/mol. The summed E-state index contributed by atoms with van der Waals surface area (Å²) in [6, 6.07) is 0. The van der Waals surface area contributed by atoms with E-state index in [0.29, 0.717) is 37.1 Å². The van der Waals surface area contributed by atoms with Crippen LogP contribution in [0.25, 0.3) is 0 Å². The van der Waals surface area contributed by atoms with E-state index in [2.05, 4.69) is 5.32 Å². The molecule has 2 saturated carbocycles. The quantitative estimate of drug-likeness (QED) is 0.774. The van der Waals surface area contributed by atoms with Crippen LogP contribution < -0.4 is 5.32 Å². The first kappa shape index (κ1) is 16.9. The van der Waals surface area contributed by atoms with Crippen LogP contribution >= 0.6 is 11.6 Å². The van der Waals surface area contributed by atoms with Crippen molar-refractivity contribution in [1.29, 1.82) is 0 Å². The maximum Gasteiger partial charge on any atom is 0.391 e. The molecule has 2 rings (SSSR count). The zero-order valence-electron chi connectivity index (χ0n) is 12.1. The van der Waals surface area contributed by atoms with Gasteiger partial charge in [0.1, 0.15) is 0 Å². The third-order valence-corrected chi connectivity index (χ3v) is 5.51. The van der Waals surface area contributed by atoms with E-state index in [0.717, 1.165) is 19.3 Å². The van der Waals surface area contributed by atoms with Gasteiger partial charge >= 0.3 is 6.18 Å². The van der Waals surface area contributed by atoms with Crippen molar-refractivity contribution in [2.75, 3.05) is 12.4 Å². The number of carbonyl (C=O) groups is 1. The first-order chi connectivity index (χ1) is 9.91. The van der Waals surface area contributed by atoms with Crippen LogP contribution in [0, 0.1) is 23.7 Å². The number of hydrogen-bond donors (Lipinski definition) is 1. The predicted molar refractivity (Wildman–Crippen MR) is 76.1 cm³/mol. The molecule has 2 aliphatic rings. The Morgan fingerprint density at radius 3 is 2.24 bits per heavy atom. The lowest BCUT2D eigenvalue weighted by molar-refractivity contribution is -0.184. The Kier molecular flexibility index (Phi) is 5.81. The van der Waals surface area contributed by atoms with Crippen molar-refractivity contribution in [2.45, 2.75) is 51.1 Å². The van der Waals surface area contributed by atoms with E-state index in [4.69, 9.17) is 11.6 Å². The lowest BCUT2D eigenvalue weighted by Gasteiger charge is -2.29. The van der Waals surface area contributed by atoms with Gasteiger partial charge in [-0.1, -0.05) is 6.42 Å². The topological polar surface area (TPSA) is 29.1 Å². The van der Waals surface area contributed by atoms with Gasteiger partial charge in [-0.2, -0.15) is 13.2 Å². The monoisotopic (exact) mass is 325 g/mol. The van der Waals surface area contributed by atoms with Crippen molar-refractivity contribution in [2.24, 2.45) is 23.7 Å². The van der Waals surface area contributed by atoms with Crippen molar-refractivity contribution in [3.05, 3.63) is 0 Å². The number of nitrogens with one attached hydrogen (secondary N) is 1. The van der Waals surface area contributed by atoms with Gasteiger partial charge in [-0.25, -0.2) is 0 Å². The Hall–Kier alpha value is -0.450. The van der Waals surface area contributed by atoms with Crippen LogP contribution in [0.1, 0.15) is 44.9 Å². The highest BCUT2D eigenvalue weighted by Crippen LogP contribution is 2.39. The second-order valence-corrected chi connectivity index (χ2v) is 6.75. The Labute approximate surface area is 128 Å². The zero-order valence-corrected chi connectivity index (χ0v) is 12.8. The fourth-order valence-corrected chi connectivity index (χ4v) is 4.05. The van der Waals surface area contributed by atoms with Gasteiger partial charge in [-0.05, 0) is 50.4 Å².